The molecule has 3 heterocycles. The molecule has 0 aromatic heterocycles. The van der Waals surface area contributed by atoms with E-state index in [0.29, 0.717) is 19.1 Å². The summed E-state index contributed by atoms with van der Waals surface area (Å²) < 4.78 is 5.80. The second-order valence-electron chi connectivity index (χ2n) is 6.15. The highest BCUT2D eigenvalue weighted by atomic mass is 16.5. The van der Waals surface area contributed by atoms with Crippen LogP contribution in [0.2, 0.25) is 0 Å². The fourth-order valence-electron chi connectivity index (χ4n) is 3.39. The lowest BCUT2D eigenvalue weighted by Crippen LogP contribution is -2.62. The van der Waals surface area contributed by atoms with E-state index in [2.05, 4.69) is 11.9 Å². The Hall–Kier alpha value is -1.14. The molecule has 0 bridgehead atoms. The maximum absolute atomic E-state index is 12.5. The van der Waals surface area contributed by atoms with Crippen LogP contribution < -0.4 is 0 Å². The first-order chi connectivity index (χ1) is 9.56. The molecule has 0 saturated carbocycles. The zero-order valence-corrected chi connectivity index (χ0v) is 12.2. The van der Waals surface area contributed by atoms with Crippen molar-refractivity contribution in [3.05, 3.63) is 0 Å². The van der Waals surface area contributed by atoms with Gasteiger partial charge in [0.2, 0.25) is 11.8 Å². The molecule has 3 aliphatic heterocycles. The molecule has 0 spiro atoms. The molecule has 6 heteroatoms. The molecule has 0 aromatic rings. The van der Waals surface area contributed by atoms with Crippen LogP contribution in [0.15, 0.2) is 0 Å². The van der Waals surface area contributed by atoms with Crippen LogP contribution in [0, 0.1) is 5.92 Å². The minimum Gasteiger partial charge on any atom is -0.375 e. The quantitative estimate of drug-likeness (QED) is 0.644. The summed E-state index contributed by atoms with van der Waals surface area (Å²) >= 11 is 0. The fraction of sp³-hybridized carbons (Fsp3) is 0.857. The summed E-state index contributed by atoms with van der Waals surface area (Å²) in [7, 11) is 2.11. The molecule has 0 aliphatic carbocycles. The van der Waals surface area contributed by atoms with Gasteiger partial charge >= 0.3 is 0 Å². The lowest BCUT2D eigenvalue weighted by atomic mass is 9.94. The van der Waals surface area contributed by atoms with E-state index in [1.807, 2.05) is 4.90 Å². The lowest BCUT2D eigenvalue weighted by molar-refractivity contribution is -0.153. The van der Waals surface area contributed by atoms with Crippen molar-refractivity contribution in [3.8, 4) is 0 Å². The van der Waals surface area contributed by atoms with E-state index >= 15 is 0 Å². The van der Waals surface area contributed by atoms with Crippen LogP contribution in [-0.4, -0.2) is 85.0 Å². The second kappa shape index (κ2) is 5.33. The van der Waals surface area contributed by atoms with Crippen molar-refractivity contribution in [3.63, 3.8) is 0 Å². The van der Waals surface area contributed by atoms with Crippen LogP contribution in [0.1, 0.15) is 13.3 Å². The first kappa shape index (κ1) is 13.8. The van der Waals surface area contributed by atoms with Crippen molar-refractivity contribution in [1.82, 2.24) is 14.7 Å². The lowest BCUT2D eigenvalue weighted by Gasteiger charge is -2.47. The topological polar surface area (TPSA) is 53.1 Å². The Labute approximate surface area is 119 Å². The second-order valence-corrected chi connectivity index (χ2v) is 6.15. The van der Waals surface area contributed by atoms with Crippen molar-refractivity contribution in [1.29, 1.82) is 0 Å². The van der Waals surface area contributed by atoms with Crippen LogP contribution >= 0.6 is 0 Å². The summed E-state index contributed by atoms with van der Waals surface area (Å²) in [6.07, 6.45) is 1.19. The van der Waals surface area contributed by atoms with Crippen molar-refractivity contribution in [2.24, 2.45) is 5.92 Å². The SMILES string of the molecule is CC(=O)N1CC(C(=O)N2CC[C@@H]3OCCN(C)[C@@H]3C2)C1. The first-order valence-electron chi connectivity index (χ1n) is 7.42. The van der Waals surface area contributed by atoms with E-state index in [0.717, 1.165) is 32.7 Å². The number of likely N-dealkylation sites (tertiary alicyclic amines) is 2. The van der Waals surface area contributed by atoms with E-state index in [-0.39, 0.29) is 23.8 Å². The van der Waals surface area contributed by atoms with Crippen LogP contribution in [0.25, 0.3) is 0 Å². The van der Waals surface area contributed by atoms with E-state index in [1.54, 1.807) is 11.8 Å². The summed E-state index contributed by atoms with van der Waals surface area (Å²) in [5.74, 6) is 0.276. The Morgan fingerprint density at radius 2 is 1.85 bits per heavy atom. The number of fused-ring (bicyclic) bond motifs is 1. The van der Waals surface area contributed by atoms with Gasteiger partial charge in [-0.05, 0) is 13.5 Å². The molecule has 2 amide bonds. The summed E-state index contributed by atoms with van der Waals surface area (Å²) in [6.45, 7) is 6.00. The van der Waals surface area contributed by atoms with E-state index in [4.69, 9.17) is 4.74 Å². The average molecular weight is 281 g/mol. The number of rotatable bonds is 1. The van der Waals surface area contributed by atoms with Crippen molar-refractivity contribution in [2.45, 2.75) is 25.5 Å². The van der Waals surface area contributed by atoms with E-state index < -0.39 is 0 Å². The van der Waals surface area contributed by atoms with E-state index in [9.17, 15) is 9.59 Å². The minimum atomic E-state index is 0.00488. The molecular formula is C14H23N3O3. The molecule has 3 rings (SSSR count). The molecule has 0 unspecified atom stereocenters. The molecule has 0 aromatic carbocycles. The van der Waals surface area contributed by atoms with Crippen LogP contribution in [0.5, 0.6) is 0 Å². The van der Waals surface area contributed by atoms with Gasteiger partial charge in [0.15, 0.2) is 0 Å². The minimum absolute atomic E-state index is 0.00488. The molecule has 3 saturated heterocycles. The highest BCUT2D eigenvalue weighted by Crippen LogP contribution is 2.25. The molecule has 0 N–H and O–H groups in total. The number of hydrogen-bond donors (Lipinski definition) is 0. The first-order valence-corrected chi connectivity index (χ1v) is 7.42. The van der Waals surface area contributed by atoms with E-state index in [1.165, 1.54) is 0 Å². The number of ether oxygens (including phenoxy) is 1. The maximum atomic E-state index is 12.5. The number of morpholine rings is 1. The fourth-order valence-corrected chi connectivity index (χ4v) is 3.39. The van der Waals surface area contributed by atoms with Gasteiger partial charge in [-0.3, -0.25) is 14.5 Å². The van der Waals surface area contributed by atoms with Crippen molar-refractivity contribution in [2.75, 3.05) is 46.4 Å². The van der Waals surface area contributed by atoms with Crippen LogP contribution in [-0.2, 0) is 14.3 Å². The Morgan fingerprint density at radius 3 is 2.55 bits per heavy atom. The smallest absolute Gasteiger partial charge is 0.229 e. The summed E-state index contributed by atoms with van der Waals surface area (Å²) in [5.41, 5.74) is 0. The average Bonchev–Trinajstić information content (AvgIpc) is 2.36. The number of amides is 2. The highest BCUT2D eigenvalue weighted by Gasteiger charge is 2.41. The van der Waals surface area contributed by atoms with Gasteiger partial charge in [0.1, 0.15) is 0 Å². The van der Waals surface area contributed by atoms with Gasteiger partial charge in [0.05, 0.1) is 24.7 Å². The Morgan fingerprint density at radius 1 is 1.10 bits per heavy atom. The van der Waals surface area contributed by atoms with Crippen LogP contribution in [0.3, 0.4) is 0 Å². The Kier molecular flexibility index (Phi) is 3.69. The third-order valence-electron chi connectivity index (χ3n) is 4.85. The number of likely N-dealkylation sites (N-methyl/N-ethyl adjacent to an activating group) is 1. The van der Waals surface area contributed by atoms with Gasteiger partial charge in [-0.2, -0.15) is 0 Å². The monoisotopic (exact) mass is 281 g/mol. The maximum Gasteiger partial charge on any atom is 0.229 e. The zero-order valence-electron chi connectivity index (χ0n) is 12.2. The van der Waals surface area contributed by atoms with Gasteiger partial charge < -0.3 is 14.5 Å². The summed E-state index contributed by atoms with van der Waals surface area (Å²) in [4.78, 5) is 29.6. The Balaban J connectivity index is 1.56. The predicted molar refractivity (Wildman–Crippen MR) is 73.1 cm³/mol. The predicted octanol–water partition coefficient (Wildman–Crippen LogP) is -0.604. The summed E-state index contributed by atoms with van der Waals surface area (Å²) in [5, 5.41) is 0. The number of nitrogens with zero attached hydrogens (tertiary/aromatic N) is 3. The van der Waals surface area contributed by atoms with Gasteiger partial charge in [-0.1, -0.05) is 0 Å². The molecule has 6 nitrogen and oxygen atoms in total. The molecule has 112 valence electrons. The van der Waals surface area contributed by atoms with Gasteiger partial charge in [0.25, 0.3) is 0 Å². The number of piperidine rings is 1. The highest BCUT2D eigenvalue weighted by molar-refractivity contribution is 5.83. The molecule has 20 heavy (non-hydrogen) atoms. The Bertz CT molecular complexity index is 408. The van der Waals surface area contributed by atoms with Gasteiger partial charge in [0, 0.05) is 39.6 Å². The van der Waals surface area contributed by atoms with Crippen LogP contribution in [0.4, 0.5) is 0 Å². The standard InChI is InChI=1S/C14H23N3O3/c1-10(18)17-7-11(8-17)14(19)16-4-3-13-12(9-16)15(2)5-6-20-13/h11-13H,3-9H2,1-2H3/t12-,13+/m1/s1. The van der Waals surface area contributed by atoms with Crippen molar-refractivity contribution >= 4 is 11.8 Å². The third-order valence-corrected chi connectivity index (χ3v) is 4.85. The van der Waals surface area contributed by atoms with Gasteiger partial charge in [-0.15, -0.1) is 0 Å². The molecule has 3 fully saturated rings. The molecule has 3 aliphatic rings. The number of hydrogen-bond acceptors (Lipinski definition) is 4. The summed E-state index contributed by atoms with van der Waals surface area (Å²) in [6, 6.07) is 0.324. The third kappa shape index (κ3) is 2.42. The molecule has 2 atom stereocenters. The number of carbonyl (C=O) groups excluding carboxylic acids is 2. The normalized spacial score (nSPS) is 31.7. The number of carbonyl (C=O) groups is 2. The molecule has 0 radical (unpaired) electrons. The van der Waals surface area contributed by atoms with Gasteiger partial charge in [-0.25, -0.2) is 0 Å². The zero-order chi connectivity index (χ0) is 14.3. The largest absolute Gasteiger partial charge is 0.375 e. The van der Waals surface area contributed by atoms with Crippen molar-refractivity contribution < 1.29 is 14.3 Å². The molecular weight excluding hydrogens is 258 g/mol.